The molecule has 19 heavy (non-hydrogen) atoms. The summed E-state index contributed by atoms with van der Waals surface area (Å²) in [6.45, 7) is 11.1. The van der Waals surface area contributed by atoms with Crippen molar-refractivity contribution in [1.29, 1.82) is 0 Å². The first kappa shape index (κ1) is 13.4. The van der Waals surface area contributed by atoms with E-state index in [4.69, 9.17) is 0 Å². The quantitative estimate of drug-likeness (QED) is 0.817. The summed E-state index contributed by atoms with van der Waals surface area (Å²) in [5, 5.41) is 3.49. The lowest BCUT2D eigenvalue weighted by atomic mass is 9.99. The number of anilines is 1. The minimum Gasteiger partial charge on any atom is -0.381 e. The van der Waals surface area contributed by atoms with E-state index in [0.717, 1.165) is 6.54 Å². The maximum Gasteiger partial charge on any atom is 0.0403 e. The monoisotopic (exact) mass is 251 g/mol. The van der Waals surface area contributed by atoms with Gasteiger partial charge in [0, 0.05) is 12.2 Å². The molecule has 1 N–H and O–H groups in total. The molecule has 0 aliphatic rings. The molecule has 0 saturated carbocycles. The number of hydrogen-bond donors (Lipinski definition) is 1. The molecule has 2 rings (SSSR count). The van der Waals surface area contributed by atoms with E-state index in [0.29, 0.717) is 0 Å². The summed E-state index contributed by atoms with van der Waals surface area (Å²) in [4.78, 5) is 0. The number of rotatable bonds is 4. The van der Waals surface area contributed by atoms with Crippen molar-refractivity contribution in [3.63, 3.8) is 0 Å². The Labute approximate surface area is 116 Å². The van der Waals surface area contributed by atoms with E-state index in [1.54, 1.807) is 0 Å². The molecule has 1 heteroatoms. The Balaban J connectivity index is 2.19. The molecule has 0 radical (unpaired) electrons. The average molecular weight is 251 g/mol. The summed E-state index contributed by atoms with van der Waals surface area (Å²) in [6.07, 6.45) is 1.91. The fraction of sp³-hybridized carbons (Fsp3) is 0.222. The smallest absolute Gasteiger partial charge is 0.0403 e. The van der Waals surface area contributed by atoms with Crippen LogP contribution in [0.25, 0.3) is 6.08 Å². The summed E-state index contributed by atoms with van der Waals surface area (Å²) in [7, 11) is 0. The van der Waals surface area contributed by atoms with Gasteiger partial charge in [-0.3, -0.25) is 0 Å². The van der Waals surface area contributed by atoms with Gasteiger partial charge in [-0.15, -0.1) is 0 Å². The molecule has 0 aromatic heterocycles. The van der Waals surface area contributed by atoms with Gasteiger partial charge in [0.25, 0.3) is 0 Å². The Morgan fingerprint density at radius 2 is 1.89 bits per heavy atom. The molecule has 0 unspecified atom stereocenters. The third-order valence-electron chi connectivity index (χ3n) is 3.53. The highest BCUT2D eigenvalue weighted by molar-refractivity contribution is 5.53. The molecule has 0 fully saturated rings. The van der Waals surface area contributed by atoms with Gasteiger partial charge in [0.05, 0.1) is 0 Å². The predicted octanol–water partition coefficient (Wildman–Crippen LogP) is 4.87. The average Bonchev–Trinajstić information content (AvgIpc) is 2.40. The van der Waals surface area contributed by atoms with Crippen LogP contribution in [0.4, 0.5) is 5.69 Å². The van der Waals surface area contributed by atoms with Gasteiger partial charge in [-0.05, 0) is 66.8 Å². The molecule has 2 aromatic rings. The third-order valence-corrected chi connectivity index (χ3v) is 3.53. The minimum absolute atomic E-state index is 0.845. The van der Waals surface area contributed by atoms with Crippen LogP contribution in [-0.2, 0) is 6.54 Å². The molecule has 0 amide bonds. The molecular formula is C18H21N. The molecule has 2 aromatic carbocycles. The van der Waals surface area contributed by atoms with Crippen molar-refractivity contribution in [1.82, 2.24) is 0 Å². The summed E-state index contributed by atoms with van der Waals surface area (Å²) in [6, 6.07) is 12.8. The van der Waals surface area contributed by atoms with Crippen LogP contribution in [0.3, 0.4) is 0 Å². The zero-order chi connectivity index (χ0) is 13.8. The highest BCUT2D eigenvalue weighted by Crippen LogP contribution is 2.19. The van der Waals surface area contributed by atoms with Crippen LogP contribution in [0.15, 0.2) is 43.0 Å². The first-order valence-electron chi connectivity index (χ1n) is 6.63. The van der Waals surface area contributed by atoms with E-state index >= 15 is 0 Å². The Morgan fingerprint density at radius 1 is 1.11 bits per heavy atom. The molecule has 0 spiro atoms. The van der Waals surface area contributed by atoms with Crippen molar-refractivity contribution >= 4 is 11.8 Å². The normalized spacial score (nSPS) is 10.3. The first-order valence-corrected chi connectivity index (χ1v) is 6.63. The van der Waals surface area contributed by atoms with Gasteiger partial charge in [0.1, 0.15) is 0 Å². The predicted molar refractivity (Wildman–Crippen MR) is 84.5 cm³/mol. The highest BCUT2D eigenvalue weighted by Gasteiger charge is 2.03. The van der Waals surface area contributed by atoms with Crippen molar-refractivity contribution in [3.8, 4) is 0 Å². The molecule has 0 bridgehead atoms. The fourth-order valence-electron chi connectivity index (χ4n) is 2.22. The second-order valence-corrected chi connectivity index (χ2v) is 5.05. The van der Waals surface area contributed by atoms with Gasteiger partial charge in [0.15, 0.2) is 0 Å². The minimum atomic E-state index is 0.845. The standard InChI is InChI=1S/C18H21N/c1-5-16-10-14(3)15(4)17(11-16)12-19-18-8-6-7-13(2)9-18/h5-11,19H,1,12H2,2-4H3. The molecule has 0 aliphatic heterocycles. The Morgan fingerprint density at radius 3 is 2.58 bits per heavy atom. The Hall–Kier alpha value is -2.02. The number of nitrogens with one attached hydrogen (secondary N) is 1. The van der Waals surface area contributed by atoms with Gasteiger partial charge in [0.2, 0.25) is 0 Å². The SMILES string of the molecule is C=Cc1cc(C)c(C)c(CNc2cccc(C)c2)c1. The highest BCUT2D eigenvalue weighted by atomic mass is 14.9. The van der Waals surface area contributed by atoms with E-state index in [9.17, 15) is 0 Å². The Bertz CT molecular complexity index is 597. The van der Waals surface area contributed by atoms with Crippen LogP contribution in [0.5, 0.6) is 0 Å². The maximum absolute atomic E-state index is 3.85. The van der Waals surface area contributed by atoms with Gasteiger partial charge in [-0.1, -0.05) is 30.9 Å². The van der Waals surface area contributed by atoms with Crippen LogP contribution in [0.1, 0.15) is 27.8 Å². The lowest BCUT2D eigenvalue weighted by Crippen LogP contribution is -2.03. The molecule has 0 heterocycles. The molecule has 1 nitrogen and oxygen atoms in total. The number of hydrogen-bond acceptors (Lipinski definition) is 1. The molecular weight excluding hydrogens is 230 g/mol. The largest absolute Gasteiger partial charge is 0.381 e. The number of benzene rings is 2. The lowest BCUT2D eigenvalue weighted by Gasteiger charge is -2.13. The van der Waals surface area contributed by atoms with E-state index in [2.05, 4.69) is 69.1 Å². The van der Waals surface area contributed by atoms with Crippen molar-refractivity contribution in [3.05, 3.63) is 70.8 Å². The van der Waals surface area contributed by atoms with E-state index < -0.39 is 0 Å². The van der Waals surface area contributed by atoms with Crippen molar-refractivity contribution in [2.45, 2.75) is 27.3 Å². The van der Waals surface area contributed by atoms with Crippen LogP contribution >= 0.6 is 0 Å². The van der Waals surface area contributed by atoms with Gasteiger partial charge < -0.3 is 5.32 Å². The summed E-state index contributed by atoms with van der Waals surface area (Å²) in [5.74, 6) is 0. The molecule has 0 aliphatic carbocycles. The first-order chi connectivity index (χ1) is 9.10. The fourth-order valence-corrected chi connectivity index (χ4v) is 2.22. The zero-order valence-electron chi connectivity index (χ0n) is 12.0. The van der Waals surface area contributed by atoms with E-state index in [1.165, 1.54) is 33.5 Å². The van der Waals surface area contributed by atoms with E-state index in [1.807, 2.05) is 6.08 Å². The van der Waals surface area contributed by atoms with Crippen molar-refractivity contribution in [2.75, 3.05) is 5.32 Å². The zero-order valence-corrected chi connectivity index (χ0v) is 12.0. The number of aryl methyl sites for hydroxylation is 2. The summed E-state index contributed by atoms with van der Waals surface area (Å²) >= 11 is 0. The van der Waals surface area contributed by atoms with Crippen molar-refractivity contribution < 1.29 is 0 Å². The lowest BCUT2D eigenvalue weighted by molar-refractivity contribution is 1.10. The summed E-state index contributed by atoms with van der Waals surface area (Å²) < 4.78 is 0. The maximum atomic E-state index is 3.85. The summed E-state index contributed by atoms with van der Waals surface area (Å²) in [5.41, 5.74) is 7.63. The van der Waals surface area contributed by atoms with Crippen LogP contribution in [0, 0.1) is 20.8 Å². The van der Waals surface area contributed by atoms with Gasteiger partial charge >= 0.3 is 0 Å². The molecule has 0 atom stereocenters. The van der Waals surface area contributed by atoms with Crippen LogP contribution in [-0.4, -0.2) is 0 Å². The third kappa shape index (κ3) is 3.25. The molecule has 0 saturated heterocycles. The van der Waals surface area contributed by atoms with Crippen LogP contribution in [0.2, 0.25) is 0 Å². The molecule has 98 valence electrons. The van der Waals surface area contributed by atoms with Gasteiger partial charge in [-0.2, -0.15) is 0 Å². The Kier molecular flexibility index (Phi) is 4.06. The van der Waals surface area contributed by atoms with Crippen molar-refractivity contribution in [2.24, 2.45) is 0 Å². The topological polar surface area (TPSA) is 12.0 Å². The second kappa shape index (κ2) is 5.75. The van der Waals surface area contributed by atoms with Crippen LogP contribution < -0.4 is 5.32 Å². The van der Waals surface area contributed by atoms with E-state index in [-0.39, 0.29) is 0 Å². The second-order valence-electron chi connectivity index (χ2n) is 5.05. The van der Waals surface area contributed by atoms with Gasteiger partial charge in [-0.25, -0.2) is 0 Å².